The molecule has 0 radical (unpaired) electrons. The van der Waals surface area contributed by atoms with E-state index in [1.54, 1.807) is 17.0 Å². The maximum Gasteiger partial charge on any atom is 0.308 e. The average Bonchev–Trinajstić information content (AvgIpc) is 3.21. The zero-order chi connectivity index (χ0) is 17.3. The molecule has 2 heterocycles. The van der Waals surface area contributed by atoms with Crippen molar-refractivity contribution in [2.75, 3.05) is 13.1 Å². The van der Waals surface area contributed by atoms with Crippen molar-refractivity contribution in [2.45, 2.75) is 19.3 Å². The number of carbonyl (C=O) groups excluding carboxylic acids is 1. The first-order chi connectivity index (χ1) is 11.5. The van der Waals surface area contributed by atoms with Crippen LogP contribution in [0.1, 0.15) is 33.6 Å². The number of aliphatic carboxylic acids is 1. The predicted octanol–water partition coefficient (Wildman–Crippen LogP) is 3.90. The monoisotopic (exact) mass is 363 g/mol. The molecule has 0 aliphatic carbocycles. The maximum absolute atomic E-state index is 12.8. The minimum Gasteiger partial charge on any atom is -0.481 e. The van der Waals surface area contributed by atoms with Gasteiger partial charge < -0.3 is 10.0 Å². The molecule has 2 atom stereocenters. The van der Waals surface area contributed by atoms with Gasteiger partial charge in [0.2, 0.25) is 0 Å². The van der Waals surface area contributed by atoms with Gasteiger partial charge >= 0.3 is 5.97 Å². The Hall–Kier alpha value is -1.85. The number of halogens is 1. The summed E-state index contributed by atoms with van der Waals surface area (Å²) >= 11 is 7.34. The molecular formula is C18H18ClNO3S. The van der Waals surface area contributed by atoms with E-state index in [1.807, 2.05) is 30.5 Å². The molecule has 2 aromatic rings. The summed E-state index contributed by atoms with van der Waals surface area (Å²) in [6.45, 7) is 2.67. The van der Waals surface area contributed by atoms with Crippen LogP contribution < -0.4 is 0 Å². The van der Waals surface area contributed by atoms with Gasteiger partial charge in [0.15, 0.2) is 0 Å². The standard InChI is InChI=1S/C18H18ClNO3S/c1-2-11-7-8-24-16(11)17(21)20-9-14(15(10-20)18(22)23)12-3-5-13(19)6-4-12/h3-8,14-15H,2,9-10H2,1H3,(H,22,23)/t14-,15+/m0/s1. The summed E-state index contributed by atoms with van der Waals surface area (Å²) in [4.78, 5) is 26.9. The number of benzene rings is 1. The maximum atomic E-state index is 12.8. The molecule has 126 valence electrons. The van der Waals surface area contributed by atoms with Crippen LogP contribution in [0.5, 0.6) is 0 Å². The number of hydrogen-bond acceptors (Lipinski definition) is 3. The summed E-state index contributed by atoms with van der Waals surface area (Å²) in [6.07, 6.45) is 0.793. The number of rotatable bonds is 4. The third-order valence-electron chi connectivity index (χ3n) is 4.54. The van der Waals surface area contributed by atoms with E-state index in [2.05, 4.69) is 0 Å². The Bertz CT molecular complexity index is 756. The number of aryl methyl sites for hydroxylation is 1. The lowest BCUT2D eigenvalue weighted by Crippen LogP contribution is -2.29. The first kappa shape index (κ1) is 17.0. The quantitative estimate of drug-likeness (QED) is 0.896. The molecule has 1 amide bonds. The highest BCUT2D eigenvalue weighted by Crippen LogP contribution is 2.35. The molecular weight excluding hydrogens is 346 g/mol. The van der Waals surface area contributed by atoms with Crippen molar-refractivity contribution >= 4 is 34.8 Å². The van der Waals surface area contributed by atoms with Gasteiger partial charge in [0, 0.05) is 24.0 Å². The summed E-state index contributed by atoms with van der Waals surface area (Å²) < 4.78 is 0. The number of carbonyl (C=O) groups is 2. The molecule has 0 bridgehead atoms. The molecule has 1 aliphatic rings. The number of carboxylic acid groups (broad SMARTS) is 1. The highest BCUT2D eigenvalue weighted by molar-refractivity contribution is 7.12. The van der Waals surface area contributed by atoms with Crippen LogP contribution in [0.2, 0.25) is 5.02 Å². The number of carboxylic acids is 1. The lowest BCUT2D eigenvalue weighted by atomic mass is 9.89. The van der Waals surface area contributed by atoms with Crippen LogP contribution in [0.15, 0.2) is 35.7 Å². The first-order valence-electron chi connectivity index (χ1n) is 7.85. The third kappa shape index (κ3) is 3.19. The van der Waals surface area contributed by atoms with Crippen molar-refractivity contribution in [3.8, 4) is 0 Å². The Balaban J connectivity index is 1.86. The van der Waals surface area contributed by atoms with Crippen molar-refractivity contribution in [2.24, 2.45) is 5.92 Å². The summed E-state index contributed by atoms with van der Waals surface area (Å²) in [7, 11) is 0. The largest absolute Gasteiger partial charge is 0.481 e. The molecule has 3 rings (SSSR count). The van der Waals surface area contributed by atoms with Gasteiger partial charge in [-0.1, -0.05) is 30.7 Å². The minimum absolute atomic E-state index is 0.0652. The van der Waals surface area contributed by atoms with Crippen LogP contribution in [0.3, 0.4) is 0 Å². The second-order valence-electron chi connectivity index (χ2n) is 5.94. The molecule has 1 N–H and O–H groups in total. The van der Waals surface area contributed by atoms with Crippen LogP contribution in [-0.4, -0.2) is 35.0 Å². The van der Waals surface area contributed by atoms with Crippen LogP contribution in [-0.2, 0) is 11.2 Å². The van der Waals surface area contributed by atoms with Gasteiger partial charge in [0.1, 0.15) is 0 Å². The Morgan fingerprint density at radius 1 is 1.25 bits per heavy atom. The molecule has 1 aromatic carbocycles. The van der Waals surface area contributed by atoms with Gasteiger partial charge in [-0.15, -0.1) is 11.3 Å². The van der Waals surface area contributed by atoms with E-state index in [0.29, 0.717) is 11.6 Å². The molecule has 1 fully saturated rings. The summed E-state index contributed by atoms with van der Waals surface area (Å²) in [5, 5.41) is 12.1. The van der Waals surface area contributed by atoms with Crippen LogP contribution in [0, 0.1) is 5.92 Å². The topological polar surface area (TPSA) is 57.6 Å². The van der Waals surface area contributed by atoms with Crippen molar-refractivity contribution in [3.05, 3.63) is 56.7 Å². The fourth-order valence-corrected chi connectivity index (χ4v) is 4.30. The van der Waals surface area contributed by atoms with E-state index in [4.69, 9.17) is 11.6 Å². The molecule has 24 heavy (non-hydrogen) atoms. The summed E-state index contributed by atoms with van der Waals surface area (Å²) in [6, 6.07) is 9.17. The zero-order valence-electron chi connectivity index (χ0n) is 13.2. The van der Waals surface area contributed by atoms with Crippen molar-refractivity contribution in [3.63, 3.8) is 0 Å². The molecule has 0 unspecified atom stereocenters. The normalized spacial score (nSPS) is 20.3. The fourth-order valence-electron chi connectivity index (χ4n) is 3.21. The van der Waals surface area contributed by atoms with Gasteiger partial charge in [0.05, 0.1) is 10.8 Å². The highest BCUT2D eigenvalue weighted by Gasteiger charge is 2.41. The van der Waals surface area contributed by atoms with Crippen molar-refractivity contribution in [1.29, 1.82) is 0 Å². The Labute approximate surface area is 149 Å². The average molecular weight is 364 g/mol. The van der Waals surface area contributed by atoms with Crippen molar-refractivity contribution in [1.82, 2.24) is 4.90 Å². The Kier molecular flexibility index (Phi) is 4.92. The lowest BCUT2D eigenvalue weighted by molar-refractivity contribution is -0.141. The molecule has 1 aromatic heterocycles. The Morgan fingerprint density at radius 2 is 1.96 bits per heavy atom. The predicted molar refractivity (Wildman–Crippen MR) is 94.9 cm³/mol. The third-order valence-corrected chi connectivity index (χ3v) is 5.74. The number of likely N-dealkylation sites (tertiary alicyclic amines) is 1. The number of nitrogens with zero attached hydrogens (tertiary/aromatic N) is 1. The van der Waals surface area contributed by atoms with Crippen LogP contribution >= 0.6 is 22.9 Å². The molecule has 0 spiro atoms. The lowest BCUT2D eigenvalue weighted by Gasteiger charge is -2.16. The van der Waals surface area contributed by atoms with Crippen LogP contribution in [0.4, 0.5) is 0 Å². The van der Waals surface area contributed by atoms with E-state index in [1.165, 1.54) is 11.3 Å². The molecule has 1 saturated heterocycles. The van der Waals surface area contributed by atoms with E-state index < -0.39 is 11.9 Å². The van der Waals surface area contributed by atoms with Crippen LogP contribution in [0.25, 0.3) is 0 Å². The van der Waals surface area contributed by atoms with E-state index >= 15 is 0 Å². The smallest absolute Gasteiger partial charge is 0.308 e. The van der Waals surface area contributed by atoms with Gasteiger partial charge in [-0.05, 0) is 41.1 Å². The summed E-state index contributed by atoms with van der Waals surface area (Å²) in [5.41, 5.74) is 1.93. The second kappa shape index (κ2) is 6.95. The molecule has 4 nitrogen and oxygen atoms in total. The zero-order valence-corrected chi connectivity index (χ0v) is 14.8. The van der Waals surface area contributed by atoms with Gasteiger partial charge in [-0.3, -0.25) is 9.59 Å². The summed E-state index contributed by atoms with van der Waals surface area (Å²) in [5.74, 6) is -1.74. The second-order valence-corrected chi connectivity index (χ2v) is 7.29. The van der Waals surface area contributed by atoms with Gasteiger partial charge in [0.25, 0.3) is 5.91 Å². The van der Waals surface area contributed by atoms with Gasteiger partial charge in [-0.2, -0.15) is 0 Å². The number of thiophene rings is 1. The first-order valence-corrected chi connectivity index (χ1v) is 9.11. The number of amides is 1. The fraction of sp³-hybridized carbons (Fsp3) is 0.333. The highest BCUT2D eigenvalue weighted by atomic mass is 35.5. The Morgan fingerprint density at radius 3 is 2.58 bits per heavy atom. The molecule has 6 heteroatoms. The van der Waals surface area contributed by atoms with E-state index in [-0.39, 0.29) is 18.4 Å². The minimum atomic E-state index is -0.868. The van der Waals surface area contributed by atoms with Crippen molar-refractivity contribution < 1.29 is 14.7 Å². The molecule has 1 aliphatic heterocycles. The SMILES string of the molecule is CCc1ccsc1C(=O)N1C[C@@H](C(=O)O)[C@H](c2ccc(Cl)cc2)C1. The molecule has 0 saturated carbocycles. The van der Waals surface area contributed by atoms with E-state index in [0.717, 1.165) is 22.4 Å². The number of hydrogen-bond donors (Lipinski definition) is 1. The van der Waals surface area contributed by atoms with Gasteiger partial charge in [-0.25, -0.2) is 0 Å². The van der Waals surface area contributed by atoms with E-state index in [9.17, 15) is 14.7 Å².